The molecule has 0 spiro atoms. The van der Waals surface area contributed by atoms with Gasteiger partial charge in [0.15, 0.2) is 23.5 Å². The van der Waals surface area contributed by atoms with E-state index in [-0.39, 0.29) is 30.3 Å². The van der Waals surface area contributed by atoms with Crippen molar-refractivity contribution >= 4 is 28.7 Å². The molecule has 2 aliphatic heterocycles. The van der Waals surface area contributed by atoms with Crippen molar-refractivity contribution in [2.45, 2.75) is 43.8 Å². The number of hydrogen-bond acceptors (Lipinski definition) is 12. The number of nitrogens with one attached hydrogen (secondary N) is 3. The van der Waals surface area contributed by atoms with E-state index >= 15 is 0 Å². The number of nitrogens with zero attached hydrogens (tertiary/aromatic N) is 5. The topological polar surface area (TPSA) is 193 Å². The van der Waals surface area contributed by atoms with Gasteiger partial charge in [-0.3, -0.25) is 14.2 Å². The maximum atomic E-state index is 12.8. The number of imidazole rings is 1. The number of fused-ring (bicyclic) bond motifs is 1. The van der Waals surface area contributed by atoms with Crippen molar-refractivity contribution in [2.24, 2.45) is 0 Å². The lowest BCUT2D eigenvalue weighted by atomic mass is 10.0. The van der Waals surface area contributed by atoms with Crippen LogP contribution in [0, 0.1) is 0 Å². The molecule has 0 aromatic carbocycles. The summed E-state index contributed by atoms with van der Waals surface area (Å²) in [7, 11) is 0. The number of carbonyl (C=O) groups is 2. The number of amides is 1. The van der Waals surface area contributed by atoms with Crippen molar-refractivity contribution in [3.8, 4) is 0 Å². The SMILES string of the molecule is Nc1ncnc2c1ncn2[C@@H]1O[C@H](C(=O)CCCC(=O)N2CCNCCNCCNCC2)[C@@H](O)[C@H]1O. The van der Waals surface area contributed by atoms with Crippen LogP contribution in [-0.4, -0.2) is 117 Å². The first kappa shape index (κ1) is 26.3. The number of ketones is 1. The predicted molar refractivity (Wildman–Crippen MR) is 130 cm³/mol. The van der Waals surface area contributed by atoms with Crippen LogP contribution in [0.5, 0.6) is 0 Å². The summed E-state index contributed by atoms with van der Waals surface area (Å²) in [6.45, 7) is 6.02. The van der Waals surface area contributed by atoms with Gasteiger partial charge in [-0.15, -0.1) is 0 Å². The third kappa shape index (κ3) is 6.14. The van der Waals surface area contributed by atoms with E-state index in [1.807, 2.05) is 0 Å². The van der Waals surface area contributed by atoms with Crippen LogP contribution in [0.3, 0.4) is 0 Å². The summed E-state index contributed by atoms with van der Waals surface area (Å²) in [5, 5.41) is 31.0. The molecule has 4 heterocycles. The van der Waals surface area contributed by atoms with Crippen molar-refractivity contribution in [3.05, 3.63) is 12.7 Å². The number of rotatable bonds is 6. The fourth-order valence-corrected chi connectivity index (χ4v) is 4.44. The summed E-state index contributed by atoms with van der Waals surface area (Å²) in [5.74, 6) is -0.223. The van der Waals surface area contributed by atoms with Gasteiger partial charge in [-0.25, -0.2) is 15.0 Å². The number of aliphatic hydroxyl groups is 2. The van der Waals surface area contributed by atoms with E-state index < -0.39 is 24.5 Å². The van der Waals surface area contributed by atoms with E-state index in [1.54, 1.807) is 4.90 Å². The second kappa shape index (κ2) is 12.5. The summed E-state index contributed by atoms with van der Waals surface area (Å²) in [4.78, 5) is 39.6. The molecule has 14 heteroatoms. The Morgan fingerprint density at radius 2 is 1.64 bits per heavy atom. The maximum Gasteiger partial charge on any atom is 0.222 e. The second-order valence-electron chi connectivity index (χ2n) is 8.96. The number of Topliss-reactive ketones (excluding diaryl/α,β-unsaturated/α-hetero) is 1. The molecular formula is C22H35N9O5. The molecule has 2 aromatic rings. The van der Waals surface area contributed by atoms with Crippen molar-refractivity contribution in [2.75, 3.05) is 58.1 Å². The Balaban J connectivity index is 1.29. The Morgan fingerprint density at radius 1 is 0.972 bits per heavy atom. The molecular weight excluding hydrogens is 470 g/mol. The minimum absolute atomic E-state index is 0.0189. The van der Waals surface area contributed by atoms with E-state index in [0.717, 1.165) is 26.2 Å². The van der Waals surface area contributed by atoms with Gasteiger partial charge in [0.1, 0.15) is 30.2 Å². The zero-order valence-electron chi connectivity index (χ0n) is 20.2. The molecule has 4 rings (SSSR count). The minimum atomic E-state index is -1.42. The Bertz CT molecular complexity index is 1020. The van der Waals surface area contributed by atoms with E-state index in [9.17, 15) is 19.8 Å². The largest absolute Gasteiger partial charge is 0.387 e. The summed E-state index contributed by atoms with van der Waals surface area (Å²) >= 11 is 0. The lowest BCUT2D eigenvalue weighted by molar-refractivity contribution is -0.136. The van der Waals surface area contributed by atoms with Gasteiger partial charge in [-0.2, -0.15) is 0 Å². The van der Waals surface area contributed by atoms with Crippen LogP contribution in [0.25, 0.3) is 11.2 Å². The second-order valence-corrected chi connectivity index (χ2v) is 8.96. The van der Waals surface area contributed by atoms with Crippen LogP contribution in [0.15, 0.2) is 12.7 Å². The fourth-order valence-electron chi connectivity index (χ4n) is 4.44. The van der Waals surface area contributed by atoms with Crippen molar-refractivity contribution < 1.29 is 24.5 Å². The number of ether oxygens (including phenoxy) is 1. The van der Waals surface area contributed by atoms with Crippen LogP contribution in [0.1, 0.15) is 25.5 Å². The van der Waals surface area contributed by atoms with Crippen molar-refractivity contribution in [1.29, 1.82) is 0 Å². The van der Waals surface area contributed by atoms with Gasteiger partial charge in [0.2, 0.25) is 5.91 Å². The number of aliphatic hydroxyl groups excluding tert-OH is 2. The zero-order valence-corrected chi connectivity index (χ0v) is 20.2. The highest BCUT2D eigenvalue weighted by Crippen LogP contribution is 2.33. The highest BCUT2D eigenvalue weighted by Gasteiger charge is 2.47. The lowest BCUT2D eigenvalue weighted by Crippen LogP contribution is -2.44. The fraction of sp³-hybridized carbons (Fsp3) is 0.682. The molecule has 14 nitrogen and oxygen atoms in total. The number of aromatic nitrogens is 4. The van der Waals surface area contributed by atoms with Gasteiger partial charge >= 0.3 is 0 Å². The highest BCUT2D eigenvalue weighted by atomic mass is 16.6. The van der Waals surface area contributed by atoms with Gasteiger partial charge in [0.25, 0.3) is 0 Å². The zero-order chi connectivity index (χ0) is 25.5. The molecule has 1 amide bonds. The van der Waals surface area contributed by atoms with Crippen molar-refractivity contribution in [1.82, 2.24) is 40.4 Å². The van der Waals surface area contributed by atoms with Gasteiger partial charge in [-0.05, 0) is 6.42 Å². The summed E-state index contributed by atoms with van der Waals surface area (Å²) in [6.07, 6.45) is -1.86. The summed E-state index contributed by atoms with van der Waals surface area (Å²) < 4.78 is 7.17. The molecule has 7 N–H and O–H groups in total. The van der Waals surface area contributed by atoms with Gasteiger partial charge in [0.05, 0.1) is 6.33 Å². The number of hydrogen-bond donors (Lipinski definition) is 6. The maximum absolute atomic E-state index is 12.8. The standard InChI is InChI=1S/C22H35N9O5/c23-20-16-21(28-12-27-20)31(13-29-16)22-18(35)17(34)19(36-22)14(32)2-1-3-15(33)30-10-8-25-6-4-24-5-7-26-9-11-30/h12-13,17-19,22,24-26,34-35H,1-11H2,(H2,23,27,28)/t17-,18+,19+,22+/m0/s1. The van der Waals surface area contributed by atoms with E-state index in [0.29, 0.717) is 43.8 Å². The molecule has 198 valence electrons. The Hall–Kier alpha value is -2.75. The molecule has 0 bridgehead atoms. The third-order valence-corrected chi connectivity index (χ3v) is 6.46. The summed E-state index contributed by atoms with van der Waals surface area (Å²) in [6, 6.07) is 0. The molecule has 0 aliphatic carbocycles. The Labute approximate surface area is 208 Å². The number of anilines is 1. The van der Waals surface area contributed by atoms with Gasteiger partial charge in [-0.1, -0.05) is 0 Å². The Morgan fingerprint density at radius 3 is 2.33 bits per heavy atom. The first-order chi connectivity index (χ1) is 17.5. The number of nitrogen functional groups attached to an aromatic ring is 1. The smallest absolute Gasteiger partial charge is 0.222 e. The van der Waals surface area contributed by atoms with E-state index in [1.165, 1.54) is 17.2 Å². The van der Waals surface area contributed by atoms with Crippen LogP contribution >= 0.6 is 0 Å². The average Bonchev–Trinajstić information content (AvgIpc) is 3.41. The first-order valence-electron chi connectivity index (χ1n) is 12.3. The number of carbonyl (C=O) groups excluding carboxylic acids is 2. The molecule has 0 radical (unpaired) electrons. The molecule has 0 unspecified atom stereocenters. The molecule has 2 aromatic heterocycles. The molecule has 2 saturated heterocycles. The van der Waals surface area contributed by atoms with Crippen molar-refractivity contribution in [3.63, 3.8) is 0 Å². The molecule has 0 saturated carbocycles. The predicted octanol–water partition coefficient (Wildman–Crippen LogP) is -2.62. The van der Waals surface area contributed by atoms with Gasteiger partial charge in [0, 0.05) is 65.2 Å². The van der Waals surface area contributed by atoms with Crippen LogP contribution in [0.2, 0.25) is 0 Å². The van der Waals surface area contributed by atoms with Gasteiger partial charge < -0.3 is 41.5 Å². The lowest BCUT2D eigenvalue weighted by Gasteiger charge is -2.24. The third-order valence-electron chi connectivity index (χ3n) is 6.46. The van der Waals surface area contributed by atoms with Crippen LogP contribution in [-0.2, 0) is 14.3 Å². The average molecular weight is 506 g/mol. The normalized spacial score (nSPS) is 26.4. The molecule has 36 heavy (non-hydrogen) atoms. The molecule has 2 fully saturated rings. The van der Waals surface area contributed by atoms with Crippen LogP contribution in [0.4, 0.5) is 5.82 Å². The monoisotopic (exact) mass is 505 g/mol. The van der Waals surface area contributed by atoms with Crippen LogP contribution < -0.4 is 21.7 Å². The molecule has 4 atom stereocenters. The summed E-state index contributed by atoms with van der Waals surface area (Å²) in [5.41, 5.74) is 6.46. The number of nitrogens with two attached hydrogens (primary N) is 1. The Kier molecular flexibility index (Phi) is 9.12. The first-order valence-corrected chi connectivity index (χ1v) is 12.3. The van der Waals surface area contributed by atoms with E-state index in [4.69, 9.17) is 10.5 Å². The quantitative estimate of drug-likeness (QED) is 0.240. The van der Waals surface area contributed by atoms with E-state index in [2.05, 4.69) is 30.9 Å². The highest BCUT2D eigenvalue weighted by molar-refractivity contribution is 5.85. The minimum Gasteiger partial charge on any atom is -0.387 e. The molecule has 2 aliphatic rings.